The van der Waals surface area contributed by atoms with Crippen molar-refractivity contribution in [2.75, 3.05) is 12.4 Å². The van der Waals surface area contributed by atoms with E-state index in [1.807, 2.05) is 26.0 Å². The van der Waals surface area contributed by atoms with Crippen LogP contribution in [0, 0.1) is 13.8 Å². The van der Waals surface area contributed by atoms with Crippen molar-refractivity contribution in [2.24, 2.45) is 0 Å². The minimum Gasteiger partial charge on any atom is -0.497 e. The zero-order valence-corrected chi connectivity index (χ0v) is 18.0. The Balaban J connectivity index is 1.82. The van der Waals surface area contributed by atoms with Crippen molar-refractivity contribution >= 4 is 32.8 Å². The second-order valence-electron chi connectivity index (χ2n) is 7.18. The fourth-order valence-corrected chi connectivity index (χ4v) is 6.57. The van der Waals surface area contributed by atoms with E-state index in [9.17, 15) is 13.2 Å². The second kappa shape index (κ2) is 7.31. The third-order valence-corrected chi connectivity index (χ3v) is 8.26. The number of sulfone groups is 1. The van der Waals surface area contributed by atoms with E-state index in [4.69, 9.17) is 4.74 Å². The Morgan fingerprint density at radius 1 is 1.10 bits per heavy atom. The molecule has 5 nitrogen and oxygen atoms in total. The van der Waals surface area contributed by atoms with Crippen molar-refractivity contribution in [1.82, 2.24) is 0 Å². The number of nitrogens with one attached hydrogen (secondary N) is 1. The molecule has 0 saturated heterocycles. The quantitative estimate of drug-likeness (QED) is 0.656. The Morgan fingerprint density at radius 3 is 2.52 bits per heavy atom. The molecule has 4 rings (SSSR count). The molecule has 1 aliphatic rings. The summed E-state index contributed by atoms with van der Waals surface area (Å²) in [5.41, 5.74) is 3.68. The summed E-state index contributed by atoms with van der Waals surface area (Å²) in [6.07, 6.45) is 0.305. The maximum absolute atomic E-state index is 13.3. The summed E-state index contributed by atoms with van der Waals surface area (Å²) >= 11 is 1.38. The van der Waals surface area contributed by atoms with Crippen LogP contribution in [0.3, 0.4) is 0 Å². The van der Waals surface area contributed by atoms with Gasteiger partial charge in [0.25, 0.3) is 0 Å². The Morgan fingerprint density at radius 2 is 1.83 bits per heavy atom. The molecule has 0 saturated carbocycles. The molecule has 1 aliphatic heterocycles. The first-order valence-corrected chi connectivity index (χ1v) is 11.5. The first-order valence-electron chi connectivity index (χ1n) is 9.19. The summed E-state index contributed by atoms with van der Waals surface area (Å²) in [4.78, 5) is 13.7. The zero-order valence-electron chi connectivity index (χ0n) is 16.4. The van der Waals surface area contributed by atoms with Gasteiger partial charge in [-0.3, -0.25) is 4.79 Å². The highest BCUT2D eigenvalue weighted by Gasteiger charge is 2.35. The summed E-state index contributed by atoms with van der Waals surface area (Å²) in [6, 6.07) is 12.4. The number of fused-ring (bicyclic) bond motifs is 1. The van der Waals surface area contributed by atoms with Gasteiger partial charge in [0.2, 0.25) is 15.7 Å². The average molecular weight is 428 g/mol. The number of benzene rings is 2. The van der Waals surface area contributed by atoms with Gasteiger partial charge in [-0.2, -0.15) is 0 Å². The van der Waals surface area contributed by atoms with Crippen molar-refractivity contribution in [3.8, 4) is 5.75 Å². The van der Waals surface area contributed by atoms with Crippen molar-refractivity contribution in [3.05, 3.63) is 69.4 Å². The van der Waals surface area contributed by atoms with E-state index in [2.05, 4.69) is 11.4 Å². The molecular formula is C22H21NO4S2. The molecule has 1 unspecified atom stereocenters. The number of thiophene rings is 1. The first kappa shape index (κ1) is 19.7. The minimum atomic E-state index is -3.77. The van der Waals surface area contributed by atoms with Crippen LogP contribution in [-0.2, 0) is 14.6 Å². The molecule has 0 aliphatic carbocycles. The molecule has 2 heterocycles. The average Bonchev–Trinajstić information content (AvgIpc) is 3.14. The van der Waals surface area contributed by atoms with Crippen LogP contribution in [0.25, 0.3) is 0 Å². The van der Waals surface area contributed by atoms with E-state index in [0.29, 0.717) is 17.9 Å². The van der Waals surface area contributed by atoms with Crippen LogP contribution in [0.15, 0.2) is 57.6 Å². The number of anilines is 1. The summed E-state index contributed by atoms with van der Waals surface area (Å²) in [5.74, 6) is 0.260. The number of carbonyl (C=O) groups excluding carboxylic acids is 1. The van der Waals surface area contributed by atoms with Crippen LogP contribution in [-0.4, -0.2) is 21.4 Å². The number of amides is 1. The van der Waals surface area contributed by atoms with E-state index < -0.39 is 9.84 Å². The van der Waals surface area contributed by atoms with Gasteiger partial charge in [0, 0.05) is 22.6 Å². The highest BCUT2D eigenvalue weighted by atomic mass is 32.2. The Labute approximate surface area is 174 Å². The molecule has 0 bridgehead atoms. The number of carbonyl (C=O) groups is 1. The third-order valence-electron chi connectivity index (χ3n) is 5.23. The lowest BCUT2D eigenvalue weighted by atomic mass is 9.87. The molecule has 1 N–H and O–H groups in total. The third kappa shape index (κ3) is 3.45. The molecule has 1 amide bonds. The number of hydrogen-bond acceptors (Lipinski definition) is 5. The fraction of sp³-hybridized carbons (Fsp3) is 0.227. The van der Waals surface area contributed by atoms with Crippen LogP contribution in [0.4, 0.5) is 5.69 Å². The van der Waals surface area contributed by atoms with Crippen molar-refractivity contribution in [1.29, 1.82) is 0 Å². The molecule has 1 aromatic heterocycles. The summed E-state index contributed by atoms with van der Waals surface area (Å²) in [6.45, 7) is 4.03. The molecule has 0 fully saturated rings. The predicted molar refractivity (Wildman–Crippen MR) is 114 cm³/mol. The lowest BCUT2D eigenvalue weighted by molar-refractivity contribution is -0.116. The second-order valence-corrected chi connectivity index (χ2v) is 10.0. The Bertz CT molecular complexity index is 1190. The first-order chi connectivity index (χ1) is 13.8. The van der Waals surface area contributed by atoms with Crippen LogP contribution >= 0.6 is 11.3 Å². The lowest BCUT2D eigenvalue weighted by Gasteiger charge is -2.25. The van der Waals surface area contributed by atoms with Gasteiger partial charge in [-0.05, 0) is 49.2 Å². The summed E-state index contributed by atoms with van der Waals surface area (Å²) < 4.78 is 31.6. The number of aryl methyl sites for hydroxylation is 2. The maximum Gasteiger partial charge on any atom is 0.225 e. The van der Waals surface area contributed by atoms with Crippen molar-refractivity contribution < 1.29 is 17.9 Å². The van der Waals surface area contributed by atoms with Crippen LogP contribution in [0.1, 0.15) is 33.9 Å². The molecule has 2 aromatic carbocycles. The van der Waals surface area contributed by atoms with Gasteiger partial charge in [0.15, 0.2) is 0 Å². The van der Waals surface area contributed by atoms with Gasteiger partial charge in [-0.1, -0.05) is 23.8 Å². The number of rotatable bonds is 4. The van der Waals surface area contributed by atoms with Crippen LogP contribution in [0.5, 0.6) is 5.75 Å². The highest BCUT2D eigenvalue weighted by Crippen LogP contribution is 2.46. The topological polar surface area (TPSA) is 72.5 Å². The van der Waals surface area contributed by atoms with E-state index in [1.54, 1.807) is 17.5 Å². The summed E-state index contributed by atoms with van der Waals surface area (Å²) in [5, 5.41) is 4.44. The van der Waals surface area contributed by atoms with Crippen LogP contribution in [0.2, 0.25) is 0 Å². The largest absolute Gasteiger partial charge is 0.497 e. The van der Waals surface area contributed by atoms with Crippen molar-refractivity contribution in [3.63, 3.8) is 0 Å². The van der Waals surface area contributed by atoms with Gasteiger partial charge >= 0.3 is 0 Å². The molecule has 150 valence electrons. The molecule has 0 radical (unpaired) electrons. The number of methoxy groups -OCH3 is 1. The molecule has 3 aromatic rings. The smallest absolute Gasteiger partial charge is 0.225 e. The predicted octanol–water partition coefficient (Wildman–Crippen LogP) is 4.68. The van der Waals surface area contributed by atoms with Crippen LogP contribution < -0.4 is 10.1 Å². The van der Waals surface area contributed by atoms with Gasteiger partial charge in [0.05, 0.1) is 17.7 Å². The van der Waals surface area contributed by atoms with Gasteiger partial charge in [-0.25, -0.2) is 8.42 Å². The monoisotopic (exact) mass is 427 g/mol. The number of ether oxygens (including phenoxy) is 1. The molecule has 29 heavy (non-hydrogen) atoms. The molecule has 0 spiro atoms. The highest BCUT2D eigenvalue weighted by molar-refractivity contribution is 7.91. The SMILES string of the molecule is COc1ccc(S(=O)(=O)c2csc3c2NC(=O)CC3c2cc(C)ccc2C)cc1. The normalized spacial score (nSPS) is 16.2. The summed E-state index contributed by atoms with van der Waals surface area (Å²) in [7, 11) is -2.24. The van der Waals surface area contributed by atoms with Crippen molar-refractivity contribution in [2.45, 2.75) is 36.0 Å². The van der Waals surface area contributed by atoms with Gasteiger partial charge < -0.3 is 10.1 Å². The Hall–Kier alpha value is -2.64. The number of hydrogen-bond donors (Lipinski definition) is 1. The van der Waals surface area contributed by atoms with E-state index in [0.717, 1.165) is 21.6 Å². The van der Waals surface area contributed by atoms with Gasteiger partial charge in [-0.15, -0.1) is 11.3 Å². The Kier molecular flexibility index (Phi) is 4.96. The molecule has 1 atom stereocenters. The standard InChI is InChI=1S/C22H21NO4S2/c1-13-4-5-14(2)17(10-13)18-11-20(24)23-21-19(12-28-22(18)21)29(25,26)16-8-6-15(27-3)7-9-16/h4-10,12,18H,11H2,1-3H3,(H,23,24). The fourth-order valence-electron chi connectivity index (χ4n) is 3.67. The van der Waals surface area contributed by atoms with E-state index in [-0.39, 0.29) is 21.6 Å². The minimum absolute atomic E-state index is 0.144. The molecular weight excluding hydrogens is 406 g/mol. The van der Waals surface area contributed by atoms with Gasteiger partial charge in [0.1, 0.15) is 10.6 Å². The molecule has 7 heteroatoms. The zero-order chi connectivity index (χ0) is 20.8. The van der Waals surface area contributed by atoms with E-state index in [1.165, 1.54) is 30.6 Å². The lowest BCUT2D eigenvalue weighted by Crippen LogP contribution is -2.24. The van der Waals surface area contributed by atoms with E-state index >= 15 is 0 Å². The maximum atomic E-state index is 13.3.